The number of hydrazine groups is 1. The lowest BCUT2D eigenvalue weighted by atomic mass is 10.1. The van der Waals surface area contributed by atoms with Crippen LogP contribution in [-0.2, 0) is 6.18 Å². The highest BCUT2D eigenvalue weighted by atomic mass is 127. The third-order valence-electron chi connectivity index (χ3n) is 3.69. The molecule has 0 bridgehead atoms. The highest BCUT2D eigenvalue weighted by Gasteiger charge is 2.31. The van der Waals surface area contributed by atoms with Crippen LogP contribution < -0.4 is 10.3 Å². The van der Waals surface area contributed by atoms with Gasteiger partial charge in [-0.3, -0.25) is 4.79 Å². The first kappa shape index (κ1) is 20.4. The van der Waals surface area contributed by atoms with E-state index in [4.69, 9.17) is 0 Å². The Bertz CT molecular complexity index is 824. The SMILES string of the molecule is CN(C)N(C)c1ccc(C(F)(F)F)cc1NC(=O)c1cc(I)ccc1F. The maximum absolute atomic E-state index is 13.9. The molecule has 9 heteroatoms. The van der Waals surface area contributed by atoms with Crippen molar-refractivity contribution in [1.82, 2.24) is 5.01 Å². The van der Waals surface area contributed by atoms with Crippen LogP contribution in [-0.4, -0.2) is 32.1 Å². The van der Waals surface area contributed by atoms with Gasteiger partial charge in [0.05, 0.1) is 22.5 Å². The summed E-state index contributed by atoms with van der Waals surface area (Å²) in [6, 6.07) is 6.96. The first-order valence-corrected chi connectivity index (χ1v) is 8.47. The van der Waals surface area contributed by atoms with Crippen LogP contribution in [0.2, 0.25) is 0 Å². The van der Waals surface area contributed by atoms with E-state index in [0.717, 1.165) is 18.2 Å². The molecule has 0 atom stereocenters. The van der Waals surface area contributed by atoms with Crippen LogP contribution in [0.25, 0.3) is 0 Å². The molecule has 0 spiro atoms. The second-order valence-electron chi connectivity index (χ2n) is 5.68. The van der Waals surface area contributed by atoms with Gasteiger partial charge in [-0.1, -0.05) is 0 Å². The van der Waals surface area contributed by atoms with Gasteiger partial charge in [0.1, 0.15) is 5.82 Å². The molecule has 140 valence electrons. The summed E-state index contributed by atoms with van der Waals surface area (Å²) in [5.74, 6) is -1.58. The van der Waals surface area contributed by atoms with E-state index in [1.54, 1.807) is 31.2 Å². The zero-order chi connectivity index (χ0) is 19.6. The van der Waals surface area contributed by atoms with Crippen molar-refractivity contribution >= 4 is 39.9 Å². The highest BCUT2D eigenvalue weighted by molar-refractivity contribution is 14.1. The molecule has 1 amide bonds. The van der Waals surface area contributed by atoms with E-state index < -0.39 is 23.5 Å². The van der Waals surface area contributed by atoms with Gasteiger partial charge in [0.15, 0.2) is 0 Å². The van der Waals surface area contributed by atoms with Gasteiger partial charge in [-0.05, 0) is 59.0 Å². The van der Waals surface area contributed by atoms with Gasteiger partial charge in [0.2, 0.25) is 0 Å². The number of benzene rings is 2. The van der Waals surface area contributed by atoms with Crippen LogP contribution in [0.1, 0.15) is 15.9 Å². The second-order valence-corrected chi connectivity index (χ2v) is 6.92. The molecular weight excluding hydrogens is 465 g/mol. The molecule has 0 radical (unpaired) electrons. The van der Waals surface area contributed by atoms with E-state index in [0.29, 0.717) is 9.26 Å². The Kier molecular flexibility index (Phi) is 6.12. The minimum absolute atomic E-state index is 0.0701. The zero-order valence-electron chi connectivity index (χ0n) is 14.2. The van der Waals surface area contributed by atoms with E-state index in [1.165, 1.54) is 18.2 Å². The normalized spacial score (nSPS) is 11.6. The maximum Gasteiger partial charge on any atom is 0.416 e. The maximum atomic E-state index is 13.9. The summed E-state index contributed by atoms with van der Waals surface area (Å²) >= 11 is 1.92. The summed E-state index contributed by atoms with van der Waals surface area (Å²) in [5.41, 5.74) is -0.888. The molecule has 2 aromatic carbocycles. The molecule has 0 heterocycles. The summed E-state index contributed by atoms with van der Waals surface area (Å²) in [4.78, 5) is 12.4. The minimum atomic E-state index is -4.57. The quantitative estimate of drug-likeness (QED) is 0.394. The monoisotopic (exact) mass is 481 g/mol. The largest absolute Gasteiger partial charge is 0.416 e. The fraction of sp³-hybridized carbons (Fsp3) is 0.235. The Morgan fingerprint density at radius 2 is 1.73 bits per heavy atom. The number of hydrogen-bond acceptors (Lipinski definition) is 3. The van der Waals surface area contributed by atoms with Crippen molar-refractivity contribution < 1.29 is 22.4 Å². The van der Waals surface area contributed by atoms with E-state index in [2.05, 4.69) is 5.32 Å². The number of halogens is 5. The molecule has 0 aliphatic heterocycles. The lowest BCUT2D eigenvalue weighted by molar-refractivity contribution is -0.137. The first-order valence-electron chi connectivity index (χ1n) is 7.39. The zero-order valence-corrected chi connectivity index (χ0v) is 16.3. The summed E-state index contributed by atoms with van der Waals surface area (Å²) < 4.78 is 53.7. The average molecular weight is 481 g/mol. The molecule has 1 N–H and O–H groups in total. The second kappa shape index (κ2) is 7.78. The van der Waals surface area contributed by atoms with Gasteiger partial charge in [-0.25, -0.2) is 9.40 Å². The van der Waals surface area contributed by atoms with Crippen LogP contribution in [0.15, 0.2) is 36.4 Å². The summed E-state index contributed by atoms with van der Waals surface area (Å²) in [6.45, 7) is 0. The third kappa shape index (κ3) is 4.64. The Balaban J connectivity index is 2.48. The summed E-state index contributed by atoms with van der Waals surface area (Å²) in [6.07, 6.45) is -4.57. The number of hydrogen-bond donors (Lipinski definition) is 1. The molecule has 4 nitrogen and oxygen atoms in total. The van der Waals surface area contributed by atoms with Crippen molar-refractivity contribution in [2.24, 2.45) is 0 Å². The lowest BCUT2D eigenvalue weighted by Crippen LogP contribution is -2.34. The van der Waals surface area contributed by atoms with E-state index in [1.807, 2.05) is 22.6 Å². The molecule has 0 saturated carbocycles. The molecule has 26 heavy (non-hydrogen) atoms. The van der Waals surface area contributed by atoms with Crippen molar-refractivity contribution in [2.45, 2.75) is 6.18 Å². The van der Waals surface area contributed by atoms with E-state index >= 15 is 0 Å². The van der Waals surface area contributed by atoms with Gasteiger partial charge in [0, 0.05) is 24.7 Å². The fourth-order valence-corrected chi connectivity index (χ4v) is 2.66. The molecule has 2 rings (SSSR count). The van der Waals surface area contributed by atoms with Crippen LogP contribution in [0, 0.1) is 9.39 Å². The molecule has 0 fully saturated rings. The van der Waals surface area contributed by atoms with Crippen molar-refractivity contribution in [3.05, 3.63) is 56.9 Å². The predicted octanol–water partition coefficient (Wildman–Crippen LogP) is 4.61. The van der Waals surface area contributed by atoms with Gasteiger partial charge in [0.25, 0.3) is 5.91 Å². The van der Waals surface area contributed by atoms with Crippen LogP contribution >= 0.6 is 22.6 Å². The molecular formula is C17H16F4IN3O. The van der Waals surface area contributed by atoms with Crippen LogP contribution in [0.4, 0.5) is 28.9 Å². The summed E-state index contributed by atoms with van der Waals surface area (Å²) in [5, 5.41) is 5.58. The Morgan fingerprint density at radius 3 is 2.31 bits per heavy atom. The van der Waals surface area contributed by atoms with Crippen LogP contribution in [0.5, 0.6) is 0 Å². The van der Waals surface area contributed by atoms with Gasteiger partial charge in [-0.15, -0.1) is 0 Å². The average Bonchev–Trinajstić information content (AvgIpc) is 2.55. The number of anilines is 2. The van der Waals surface area contributed by atoms with E-state index in [9.17, 15) is 22.4 Å². The molecule has 2 aromatic rings. The number of amides is 1. The van der Waals surface area contributed by atoms with Crippen molar-refractivity contribution in [2.75, 3.05) is 31.5 Å². The molecule has 0 unspecified atom stereocenters. The van der Waals surface area contributed by atoms with Gasteiger partial charge in [-0.2, -0.15) is 13.2 Å². The summed E-state index contributed by atoms with van der Waals surface area (Å²) in [7, 11) is 5.02. The molecule has 0 aliphatic rings. The van der Waals surface area contributed by atoms with Crippen molar-refractivity contribution in [3.8, 4) is 0 Å². The number of nitrogens with one attached hydrogen (secondary N) is 1. The standard InChI is InChI=1S/C17H16F4IN3O/c1-24(2)25(3)15-7-4-10(17(19,20)21)8-14(15)23-16(26)12-9-11(22)5-6-13(12)18/h4-9H,1-3H3,(H,23,26). The molecule has 0 saturated heterocycles. The number of carbonyl (C=O) groups is 1. The topological polar surface area (TPSA) is 35.6 Å². The number of rotatable bonds is 4. The minimum Gasteiger partial charge on any atom is -0.320 e. The van der Waals surface area contributed by atoms with Gasteiger partial charge < -0.3 is 10.3 Å². The highest BCUT2D eigenvalue weighted by Crippen LogP contribution is 2.35. The predicted molar refractivity (Wildman–Crippen MR) is 101 cm³/mol. The smallest absolute Gasteiger partial charge is 0.320 e. The molecule has 0 aromatic heterocycles. The first-order chi connectivity index (χ1) is 12.0. The van der Waals surface area contributed by atoms with Crippen LogP contribution in [0.3, 0.4) is 0 Å². The lowest BCUT2D eigenvalue weighted by Gasteiger charge is -2.29. The van der Waals surface area contributed by atoms with E-state index in [-0.39, 0.29) is 11.3 Å². The number of alkyl halides is 3. The Hall–Kier alpha value is -1.88. The number of nitrogens with zero attached hydrogens (tertiary/aromatic N) is 2. The molecule has 0 aliphatic carbocycles. The fourth-order valence-electron chi connectivity index (χ4n) is 2.17. The third-order valence-corrected chi connectivity index (χ3v) is 4.36. The van der Waals surface area contributed by atoms with Crippen molar-refractivity contribution in [1.29, 1.82) is 0 Å². The Labute approximate surface area is 161 Å². The number of carbonyl (C=O) groups excluding carboxylic acids is 1. The van der Waals surface area contributed by atoms with Crippen molar-refractivity contribution in [3.63, 3.8) is 0 Å². The Morgan fingerprint density at radius 1 is 1.08 bits per heavy atom. The van der Waals surface area contributed by atoms with Gasteiger partial charge >= 0.3 is 6.18 Å².